The second-order valence-corrected chi connectivity index (χ2v) is 5.43. The molecule has 1 rings (SSSR count). The van der Waals surface area contributed by atoms with Crippen LogP contribution in [-0.4, -0.2) is 52.3 Å². The summed E-state index contributed by atoms with van der Waals surface area (Å²) in [6.07, 6.45) is -3.91. The molecule has 0 spiro atoms. The number of hydrogen-bond donors (Lipinski definition) is 1. The average Bonchev–Trinajstić information content (AvgIpc) is 2.47. The van der Waals surface area contributed by atoms with Crippen molar-refractivity contribution < 1.29 is 23.1 Å². The van der Waals surface area contributed by atoms with E-state index in [-0.39, 0.29) is 18.4 Å². The monoisotopic (exact) mass is 257 g/mol. The number of nitrogens with zero attached hydrogens (tertiary/aromatic N) is 1. The van der Waals surface area contributed by atoms with Crippen LogP contribution < -0.4 is 0 Å². The summed E-state index contributed by atoms with van der Waals surface area (Å²) in [6, 6.07) is 0. The summed E-state index contributed by atoms with van der Waals surface area (Å²) in [4.78, 5) is 12.4. The number of aliphatic hydroxyl groups is 1. The lowest BCUT2D eigenvalue weighted by Gasteiger charge is -2.19. The summed E-state index contributed by atoms with van der Waals surface area (Å²) in [7, 11) is 0. The third-order valence-corrected chi connectivity index (χ3v) is 3.65. The molecule has 0 aromatic rings. The van der Waals surface area contributed by atoms with Gasteiger partial charge in [0, 0.05) is 11.8 Å². The summed E-state index contributed by atoms with van der Waals surface area (Å²) in [5.41, 5.74) is 0. The maximum Gasteiger partial charge on any atom is 0.406 e. The van der Waals surface area contributed by atoms with Gasteiger partial charge in [0.15, 0.2) is 0 Å². The van der Waals surface area contributed by atoms with Gasteiger partial charge >= 0.3 is 6.18 Å². The Morgan fingerprint density at radius 1 is 1.62 bits per heavy atom. The molecule has 0 aliphatic carbocycles. The van der Waals surface area contributed by atoms with Gasteiger partial charge in [-0.15, -0.1) is 11.8 Å². The first kappa shape index (κ1) is 13.6. The van der Waals surface area contributed by atoms with Gasteiger partial charge in [0.2, 0.25) is 5.91 Å². The van der Waals surface area contributed by atoms with Crippen LogP contribution in [0.25, 0.3) is 0 Å². The van der Waals surface area contributed by atoms with Crippen LogP contribution >= 0.6 is 11.8 Å². The topological polar surface area (TPSA) is 40.5 Å². The van der Waals surface area contributed by atoms with Gasteiger partial charge in [-0.1, -0.05) is 6.92 Å². The molecule has 7 heteroatoms. The maximum absolute atomic E-state index is 12.1. The molecule has 0 saturated carbocycles. The lowest BCUT2D eigenvalue weighted by molar-refractivity contribution is -0.157. The van der Waals surface area contributed by atoms with E-state index in [1.54, 1.807) is 6.92 Å². The summed E-state index contributed by atoms with van der Waals surface area (Å²) in [5, 5.41) is 8.24. The van der Waals surface area contributed by atoms with E-state index < -0.39 is 23.9 Å². The first-order valence-electron chi connectivity index (χ1n) is 4.95. The van der Waals surface area contributed by atoms with Crippen LogP contribution in [-0.2, 0) is 4.79 Å². The van der Waals surface area contributed by atoms with Crippen LogP contribution in [0.4, 0.5) is 13.2 Å². The number of aliphatic hydroxyl groups excluding tert-OH is 1. The minimum absolute atomic E-state index is 0.0757. The minimum atomic E-state index is -4.34. The molecule has 0 unspecified atom stereocenters. The molecule has 0 aromatic heterocycles. The Morgan fingerprint density at radius 2 is 2.25 bits per heavy atom. The number of hydrogen-bond acceptors (Lipinski definition) is 3. The minimum Gasteiger partial charge on any atom is -0.395 e. The highest BCUT2D eigenvalue weighted by Gasteiger charge is 2.39. The van der Waals surface area contributed by atoms with Crippen LogP contribution in [0.2, 0.25) is 0 Å². The van der Waals surface area contributed by atoms with E-state index in [1.807, 2.05) is 0 Å². The lowest BCUT2D eigenvalue weighted by atomic mass is 10.4. The molecule has 1 aliphatic rings. The predicted molar refractivity (Wildman–Crippen MR) is 55.2 cm³/mol. The van der Waals surface area contributed by atoms with E-state index in [0.29, 0.717) is 6.42 Å². The van der Waals surface area contributed by atoms with Gasteiger partial charge in [0.1, 0.15) is 6.54 Å². The Bertz CT molecular complexity index is 260. The lowest BCUT2D eigenvalue weighted by Crippen LogP contribution is -2.37. The predicted octanol–water partition coefficient (Wildman–Crippen LogP) is 1.26. The quantitative estimate of drug-likeness (QED) is 0.824. The number of carbonyl (C=O) groups excluding carboxylic acids is 1. The van der Waals surface area contributed by atoms with E-state index in [4.69, 9.17) is 5.11 Å². The van der Waals surface area contributed by atoms with Crippen LogP contribution in [0.1, 0.15) is 13.3 Å². The molecule has 94 valence electrons. The third kappa shape index (κ3) is 3.86. The van der Waals surface area contributed by atoms with Gasteiger partial charge < -0.3 is 10.0 Å². The van der Waals surface area contributed by atoms with Crippen LogP contribution in [0.3, 0.4) is 0 Å². The molecular formula is C9H14F3NO2S. The van der Waals surface area contributed by atoms with Crippen molar-refractivity contribution >= 4 is 17.7 Å². The molecule has 1 saturated heterocycles. The zero-order valence-corrected chi connectivity index (χ0v) is 9.64. The number of thioether (sulfide) groups is 1. The highest BCUT2D eigenvalue weighted by Crippen LogP contribution is 2.29. The van der Waals surface area contributed by atoms with E-state index in [1.165, 1.54) is 11.8 Å². The largest absolute Gasteiger partial charge is 0.406 e. The highest BCUT2D eigenvalue weighted by atomic mass is 32.2. The van der Waals surface area contributed by atoms with Gasteiger partial charge in [-0.25, -0.2) is 0 Å². The molecule has 2 atom stereocenters. The number of alkyl halides is 3. The van der Waals surface area contributed by atoms with Crippen molar-refractivity contribution in [3.63, 3.8) is 0 Å². The van der Waals surface area contributed by atoms with E-state index >= 15 is 0 Å². The van der Waals surface area contributed by atoms with Gasteiger partial charge in [-0.3, -0.25) is 4.79 Å². The zero-order chi connectivity index (χ0) is 12.3. The van der Waals surface area contributed by atoms with E-state index in [2.05, 4.69) is 0 Å². The van der Waals surface area contributed by atoms with Gasteiger partial charge in [0.05, 0.1) is 11.9 Å². The molecule has 0 aromatic carbocycles. The number of rotatable bonds is 4. The fourth-order valence-corrected chi connectivity index (χ4v) is 2.69. The summed E-state index contributed by atoms with van der Waals surface area (Å²) >= 11 is 1.24. The molecule has 1 aliphatic heterocycles. The third-order valence-electron chi connectivity index (χ3n) is 2.27. The van der Waals surface area contributed by atoms with Crippen LogP contribution in [0.15, 0.2) is 0 Å². The van der Waals surface area contributed by atoms with Crippen molar-refractivity contribution in [2.45, 2.75) is 30.0 Å². The Balaban J connectivity index is 2.48. The number of halogens is 3. The smallest absolute Gasteiger partial charge is 0.395 e. The van der Waals surface area contributed by atoms with Crippen molar-refractivity contribution in [3.05, 3.63) is 0 Å². The molecule has 3 nitrogen and oxygen atoms in total. The fourth-order valence-electron chi connectivity index (χ4n) is 1.53. The van der Waals surface area contributed by atoms with Gasteiger partial charge in [0.25, 0.3) is 0 Å². The summed E-state index contributed by atoms with van der Waals surface area (Å²) in [6.45, 7) is 0.642. The summed E-state index contributed by atoms with van der Waals surface area (Å²) < 4.78 is 36.3. The fraction of sp³-hybridized carbons (Fsp3) is 0.889. The maximum atomic E-state index is 12.1. The molecule has 1 N–H and O–H groups in total. The van der Waals surface area contributed by atoms with Crippen molar-refractivity contribution in [1.29, 1.82) is 0 Å². The molecule has 1 amide bonds. The number of likely N-dealkylation sites (tertiary alicyclic amines) is 1. The Morgan fingerprint density at radius 3 is 2.75 bits per heavy atom. The number of carbonyl (C=O) groups is 1. The Hall–Kier alpha value is -0.430. The first-order valence-corrected chi connectivity index (χ1v) is 5.89. The highest BCUT2D eigenvalue weighted by molar-refractivity contribution is 8.01. The molecule has 16 heavy (non-hydrogen) atoms. The number of amides is 1. The standard InChI is InChI=1S/C9H14F3NO2S/c1-6(4-14)16-7-2-3-13(8(7)15)5-9(10,11)12/h6-7,14H,2-5H2,1H3/t6-,7-/m0/s1. The molecule has 0 radical (unpaired) electrons. The van der Waals surface area contributed by atoms with Gasteiger partial charge in [-0.2, -0.15) is 13.2 Å². The summed E-state index contributed by atoms with van der Waals surface area (Å²) in [5.74, 6) is -0.470. The molecule has 1 fully saturated rings. The Labute approximate surface area is 96.0 Å². The second kappa shape index (κ2) is 5.27. The SMILES string of the molecule is C[C@@H](CO)S[C@H]1CCN(CC(F)(F)F)C1=O. The van der Waals surface area contributed by atoms with Crippen LogP contribution in [0.5, 0.6) is 0 Å². The van der Waals surface area contributed by atoms with Gasteiger partial charge in [-0.05, 0) is 6.42 Å². The molecule has 1 heterocycles. The average molecular weight is 257 g/mol. The molecule has 0 bridgehead atoms. The zero-order valence-electron chi connectivity index (χ0n) is 8.83. The van der Waals surface area contributed by atoms with E-state index in [9.17, 15) is 18.0 Å². The van der Waals surface area contributed by atoms with E-state index in [0.717, 1.165) is 4.90 Å². The van der Waals surface area contributed by atoms with Crippen molar-refractivity contribution in [2.24, 2.45) is 0 Å². The van der Waals surface area contributed by atoms with Crippen molar-refractivity contribution in [2.75, 3.05) is 19.7 Å². The van der Waals surface area contributed by atoms with Crippen molar-refractivity contribution in [1.82, 2.24) is 4.90 Å². The van der Waals surface area contributed by atoms with Crippen molar-refractivity contribution in [3.8, 4) is 0 Å². The normalized spacial score (nSPS) is 23.9. The molecular weight excluding hydrogens is 243 g/mol. The van der Waals surface area contributed by atoms with Crippen LogP contribution in [0, 0.1) is 0 Å². The Kier molecular flexibility index (Phi) is 4.49. The second-order valence-electron chi connectivity index (χ2n) is 3.78. The first-order chi connectivity index (χ1) is 7.33.